The van der Waals surface area contributed by atoms with Crippen molar-refractivity contribution in [3.8, 4) is 11.3 Å². The van der Waals surface area contributed by atoms with Crippen LogP contribution in [0.5, 0.6) is 0 Å². The van der Waals surface area contributed by atoms with E-state index >= 15 is 0 Å². The minimum atomic E-state index is -0.420. The first-order valence-corrected chi connectivity index (χ1v) is 10.7. The lowest BCUT2D eigenvalue weighted by Crippen LogP contribution is -2.56. The van der Waals surface area contributed by atoms with Gasteiger partial charge in [0.1, 0.15) is 12.0 Å². The average Bonchev–Trinajstić information content (AvgIpc) is 2.77. The molecule has 1 N–H and O–H groups in total. The number of carbonyl (C=O) groups is 2. The molecule has 1 atom stereocenters. The van der Waals surface area contributed by atoms with Gasteiger partial charge in [-0.25, -0.2) is 9.97 Å². The third kappa shape index (κ3) is 4.64. The predicted molar refractivity (Wildman–Crippen MR) is 114 cm³/mol. The van der Waals surface area contributed by atoms with Gasteiger partial charge in [-0.15, -0.1) is 0 Å². The van der Waals surface area contributed by atoms with Gasteiger partial charge >= 0.3 is 0 Å². The summed E-state index contributed by atoms with van der Waals surface area (Å²) in [5.41, 5.74) is 1.67. The maximum atomic E-state index is 13.6. The first-order chi connectivity index (χ1) is 14.5. The highest BCUT2D eigenvalue weighted by Gasteiger charge is 2.37. The molecule has 0 spiro atoms. The van der Waals surface area contributed by atoms with Crippen molar-refractivity contribution in [2.45, 2.75) is 18.9 Å². The number of Topliss-reactive ketones (excluding diaryl/α,β-unsaturated/α-hetero) is 1. The zero-order valence-corrected chi connectivity index (χ0v) is 17.8. The summed E-state index contributed by atoms with van der Waals surface area (Å²) in [6.07, 6.45) is 2.94. The number of rotatable bonds is 5. The Balaban J connectivity index is 1.65. The second-order valence-corrected chi connectivity index (χ2v) is 8.31. The van der Waals surface area contributed by atoms with Crippen LogP contribution >= 0.6 is 23.2 Å². The lowest BCUT2D eigenvalue weighted by atomic mass is 9.86. The van der Waals surface area contributed by atoms with E-state index in [0.29, 0.717) is 47.7 Å². The van der Waals surface area contributed by atoms with Crippen molar-refractivity contribution in [2.75, 3.05) is 32.8 Å². The monoisotopic (exact) mass is 448 g/mol. The first kappa shape index (κ1) is 21.2. The molecule has 3 heterocycles. The van der Waals surface area contributed by atoms with E-state index in [1.165, 1.54) is 6.33 Å². The maximum absolute atomic E-state index is 13.6. The fourth-order valence-electron chi connectivity index (χ4n) is 4.06. The molecule has 0 bridgehead atoms. The Labute approximate surface area is 184 Å². The third-order valence-corrected chi connectivity index (χ3v) is 6.32. The summed E-state index contributed by atoms with van der Waals surface area (Å²) < 4.78 is 5.48. The van der Waals surface area contributed by atoms with E-state index in [1.54, 1.807) is 24.3 Å². The largest absolute Gasteiger partial charge is 0.381 e. The van der Waals surface area contributed by atoms with Crippen molar-refractivity contribution in [3.05, 3.63) is 46.3 Å². The first-order valence-electron chi connectivity index (χ1n) is 9.93. The Bertz CT molecular complexity index is 950. The average molecular weight is 449 g/mol. The molecule has 4 rings (SSSR count). The van der Waals surface area contributed by atoms with Gasteiger partial charge in [0.2, 0.25) is 5.91 Å². The molecule has 2 aliphatic rings. The molecule has 0 saturated carbocycles. The van der Waals surface area contributed by atoms with Crippen LogP contribution in [-0.4, -0.2) is 65.4 Å². The second-order valence-electron chi connectivity index (χ2n) is 7.50. The van der Waals surface area contributed by atoms with Gasteiger partial charge < -0.3 is 10.1 Å². The van der Waals surface area contributed by atoms with Crippen molar-refractivity contribution in [1.29, 1.82) is 0 Å². The Morgan fingerprint density at radius 2 is 1.97 bits per heavy atom. The van der Waals surface area contributed by atoms with Gasteiger partial charge in [0.15, 0.2) is 5.78 Å². The van der Waals surface area contributed by atoms with E-state index in [2.05, 4.69) is 15.3 Å². The standard InChI is InChI=1S/C21H22Cl2N4O3/c22-15-2-1-14(9-16(15)23)17-10-18(26-12-25-17)21(29)20(13-3-7-30-8-4-13)27-6-5-24-19(28)11-27/h1-2,9-10,12-13,20H,3-8,11H2,(H,24,28). The zero-order valence-electron chi connectivity index (χ0n) is 16.3. The number of halogens is 2. The summed E-state index contributed by atoms with van der Waals surface area (Å²) in [7, 11) is 0. The van der Waals surface area contributed by atoms with Crippen LogP contribution in [0.4, 0.5) is 0 Å². The number of ketones is 1. The van der Waals surface area contributed by atoms with Gasteiger partial charge in [-0.05, 0) is 37.0 Å². The van der Waals surface area contributed by atoms with Crippen molar-refractivity contribution in [1.82, 2.24) is 20.2 Å². The molecule has 1 amide bonds. The van der Waals surface area contributed by atoms with Gasteiger partial charge in [0.25, 0.3) is 0 Å². The molecule has 1 aromatic heterocycles. The number of carbonyl (C=O) groups excluding carboxylic acids is 2. The fourth-order valence-corrected chi connectivity index (χ4v) is 4.36. The summed E-state index contributed by atoms with van der Waals surface area (Å²) in [5, 5.41) is 3.69. The molecule has 9 heteroatoms. The van der Waals surface area contributed by atoms with E-state index in [9.17, 15) is 9.59 Å². The predicted octanol–water partition coefficient (Wildman–Crippen LogP) is 2.86. The van der Waals surface area contributed by atoms with Crippen LogP contribution in [0.25, 0.3) is 11.3 Å². The van der Waals surface area contributed by atoms with E-state index in [-0.39, 0.29) is 24.2 Å². The molecule has 158 valence electrons. The molecular weight excluding hydrogens is 427 g/mol. The van der Waals surface area contributed by atoms with Gasteiger partial charge in [-0.3, -0.25) is 14.5 Å². The van der Waals surface area contributed by atoms with Crippen molar-refractivity contribution >= 4 is 34.9 Å². The molecule has 7 nitrogen and oxygen atoms in total. The SMILES string of the molecule is O=C1CN(C(C(=O)c2cc(-c3ccc(Cl)c(Cl)c3)ncn2)C2CCOCC2)CCN1. The lowest BCUT2D eigenvalue weighted by Gasteiger charge is -2.39. The summed E-state index contributed by atoms with van der Waals surface area (Å²) in [6.45, 7) is 2.60. The number of ether oxygens (including phenoxy) is 1. The molecule has 0 radical (unpaired) electrons. The fraction of sp³-hybridized carbons (Fsp3) is 0.429. The number of aromatic nitrogens is 2. The lowest BCUT2D eigenvalue weighted by molar-refractivity contribution is -0.125. The Morgan fingerprint density at radius 1 is 1.17 bits per heavy atom. The molecular formula is C21H22Cl2N4O3. The minimum absolute atomic E-state index is 0.0645. The molecule has 1 aromatic carbocycles. The Kier molecular flexibility index (Phi) is 6.63. The van der Waals surface area contributed by atoms with Crippen LogP contribution in [-0.2, 0) is 9.53 Å². The van der Waals surface area contributed by atoms with Crippen LogP contribution in [0.15, 0.2) is 30.6 Å². The van der Waals surface area contributed by atoms with Crippen molar-refractivity contribution in [2.24, 2.45) is 5.92 Å². The summed E-state index contributed by atoms with van der Waals surface area (Å²) in [5.74, 6) is -0.0499. The second kappa shape index (κ2) is 9.39. The number of amides is 1. The third-order valence-electron chi connectivity index (χ3n) is 5.58. The van der Waals surface area contributed by atoms with Crippen molar-refractivity contribution in [3.63, 3.8) is 0 Å². The Hall–Kier alpha value is -2.06. The highest BCUT2D eigenvalue weighted by atomic mass is 35.5. The van der Waals surface area contributed by atoms with Crippen LogP contribution in [0.1, 0.15) is 23.3 Å². The normalized spacial score (nSPS) is 19.3. The summed E-state index contributed by atoms with van der Waals surface area (Å²) >= 11 is 12.1. The van der Waals surface area contributed by atoms with Crippen LogP contribution in [0.2, 0.25) is 10.0 Å². The van der Waals surface area contributed by atoms with Crippen molar-refractivity contribution < 1.29 is 14.3 Å². The van der Waals surface area contributed by atoms with Gasteiger partial charge in [-0.2, -0.15) is 0 Å². The van der Waals surface area contributed by atoms with E-state index in [1.807, 2.05) is 4.90 Å². The number of hydrogen-bond donors (Lipinski definition) is 1. The number of nitrogens with one attached hydrogen (secondary N) is 1. The number of piperazine rings is 1. The molecule has 2 saturated heterocycles. The molecule has 30 heavy (non-hydrogen) atoms. The van der Waals surface area contributed by atoms with Crippen LogP contribution < -0.4 is 5.32 Å². The van der Waals surface area contributed by atoms with Gasteiger partial charge in [0.05, 0.1) is 28.3 Å². The molecule has 2 fully saturated rings. The number of hydrogen-bond acceptors (Lipinski definition) is 6. The molecule has 0 aliphatic carbocycles. The number of benzene rings is 1. The van der Waals surface area contributed by atoms with Crippen LogP contribution in [0, 0.1) is 5.92 Å². The van der Waals surface area contributed by atoms with Gasteiger partial charge in [-0.1, -0.05) is 29.3 Å². The van der Waals surface area contributed by atoms with Crippen LogP contribution in [0.3, 0.4) is 0 Å². The highest BCUT2D eigenvalue weighted by Crippen LogP contribution is 2.29. The molecule has 2 aromatic rings. The van der Waals surface area contributed by atoms with E-state index < -0.39 is 6.04 Å². The quantitative estimate of drug-likeness (QED) is 0.707. The molecule has 2 aliphatic heterocycles. The van der Waals surface area contributed by atoms with Gasteiger partial charge in [0, 0.05) is 31.9 Å². The zero-order chi connectivity index (χ0) is 21.1. The topological polar surface area (TPSA) is 84.4 Å². The maximum Gasteiger partial charge on any atom is 0.234 e. The van der Waals surface area contributed by atoms with E-state index in [0.717, 1.165) is 18.4 Å². The number of nitrogens with zero attached hydrogens (tertiary/aromatic N) is 3. The van der Waals surface area contributed by atoms with E-state index in [4.69, 9.17) is 27.9 Å². The highest BCUT2D eigenvalue weighted by molar-refractivity contribution is 6.42. The Morgan fingerprint density at radius 3 is 2.70 bits per heavy atom. The molecule has 1 unspecified atom stereocenters. The summed E-state index contributed by atoms with van der Waals surface area (Å²) in [4.78, 5) is 36.1. The summed E-state index contributed by atoms with van der Waals surface area (Å²) in [6, 6.07) is 6.47. The smallest absolute Gasteiger partial charge is 0.234 e. The minimum Gasteiger partial charge on any atom is -0.381 e.